The number of methoxy groups -OCH3 is 1. The van der Waals surface area contributed by atoms with Crippen molar-refractivity contribution in [3.63, 3.8) is 0 Å². The molecule has 0 aromatic rings. The van der Waals surface area contributed by atoms with E-state index in [1.165, 1.54) is 27.9 Å². The molecule has 1 rings (SSSR count). The number of esters is 1. The molecule has 0 bridgehead atoms. The second-order valence-corrected chi connectivity index (χ2v) is 4.86. The van der Waals surface area contributed by atoms with Crippen LogP contribution in [0.25, 0.3) is 0 Å². The Bertz CT molecular complexity index is 378. The van der Waals surface area contributed by atoms with Crippen LogP contribution < -0.4 is 0 Å². The first-order valence-electron chi connectivity index (χ1n) is 5.90. The number of ether oxygens (including phenoxy) is 3. The first kappa shape index (κ1) is 16.0. The SMILES string of the molecule is CO[C@@H]1[C@@H](O)O[C@H](C)[C@@](OC(C)=O)(C(C)=O)[C@]1(C)O. The summed E-state index contributed by atoms with van der Waals surface area (Å²) in [4.78, 5) is 23.3. The van der Waals surface area contributed by atoms with Crippen LogP contribution in [-0.2, 0) is 23.8 Å². The summed E-state index contributed by atoms with van der Waals surface area (Å²) in [5.41, 5.74) is -3.87. The maximum absolute atomic E-state index is 12.0. The van der Waals surface area contributed by atoms with E-state index in [-0.39, 0.29) is 0 Å². The molecule has 0 aliphatic carbocycles. The molecular formula is C12H20O7. The molecule has 1 fully saturated rings. The maximum atomic E-state index is 12.0. The van der Waals surface area contributed by atoms with E-state index >= 15 is 0 Å². The fourth-order valence-electron chi connectivity index (χ4n) is 2.75. The average molecular weight is 276 g/mol. The molecule has 5 atom stereocenters. The molecule has 0 aromatic heterocycles. The molecule has 1 aliphatic rings. The molecule has 1 heterocycles. The van der Waals surface area contributed by atoms with E-state index in [9.17, 15) is 19.8 Å². The molecule has 19 heavy (non-hydrogen) atoms. The van der Waals surface area contributed by atoms with E-state index in [1.54, 1.807) is 0 Å². The largest absolute Gasteiger partial charge is 0.445 e. The Morgan fingerprint density at radius 1 is 1.32 bits per heavy atom. The predicted molar refractivity (Wildman–Crippen MR) is 63.2 cm³/mol. The van der Waals surface area contributed by atoms with Gasteiger partial charge in [0.1, 0.15) is 17.8 Å². The molecule has 0 aromatic carbocycles. The summed E-state index contributed by atoms with van der Waals surface area (Å²) in [6.07, 6.45) is -3.68. The van der Waals surface area contributed by atoms with Gasteiger partial charge >= 0.3 is 5.97 Å². The summed E-state index contributed by atoms with van der Waals surface area (Å²) in [5, 5.41) is 20.4. The van der Waals surface area contributed by atoms with Gasteiger partial charge in [-0.1, -0.05) is 0 Å². The molecule has 0 saturated carbocycles. The Kier molecular flexibility index (Phi) is 4.36. The fourth-order valence-corrected chi connectivity index (χ4v) is 2.75. The molecule has 0 unspecified atom stereocenters. The Balaban J connectivity index is 3.39. The highest BCUT2D eigenvalue weighted by molar-refractivity contribution is 5.90. The van der Waals surface area contributed by atoms with Crippen molar-refractivity contribution in [2.75, 3.05) is 7.11 Å². The van der Waals surface area contributed by atoms with Crippen molar-refractivity contribution in [1.82, 2.24) is 0 Å². The van der Waals surface area contributed by atoms with Crippen molar-refractivity contribution in [3.8, 4) is 0 Å². The Morgan fingerprint density at radius 2 is 1.84 bits per heavy atom. The maximum Gasteiger partial charge on any atom is 0.303 e. The van der Waals surface area contributed by atoms with Crippen LogP contribution in [0.15, 0.2) is 0 Å². The highest BCUT2D eigenvalue weighted by atomic mass is 16.7. The lowest BCUT2D eigenvalue weighted by Crippen LogP contribution is -2.76. The molecule has 1 aliphatic heterocycles. The molecule has 1 saturated heterocycles. The van der Waals surface area contributed by atoms with Crippen molar-refractivity contribution in [2.24, 2.45) is 0 Å². The number of rotatable bonds is 3. The number of Topliss-reactive ketones (excluding diaryl/α,β-unsaturated/α-hetero) is 1. The van der Waals surface area contributed by atoms with E-state index in [4.69, 9.17) is 14.2 Å². The van der Waals surface area contributed by atoms with Crippen LogP contribution in [-0.4, -0.2) is 58.8 Å². The lowest BCUT2D eigenvalue weighted by Gasteiger charge is -2.53. The number of aliphatic hydroxyl groups excluding tert-OH is 1. The van der Waals surface area contributed by atoms with Gasteiger partial charge in [-0.3, -0.25) is 9.59 Å². The monoisotopic (exact) mass is 276 g/mol. The topological polar surface area (TPSA) is 102 Å². The van der Waals surface area contributed by atoms with E-state index in [2.05, 4.69) is 0 Å². The third-order valence-corrected chi connectivity index (χ3v) is 3.56. The molecule has 0 radical (unpaired) electrons. The predicted octanol–water partition coefficient (Wildman–Crippen LogP) is -0.620. The fraction of sp³-hybridized carbons (Fsp3) is 0.833. The minimum atomic E-state index is -1.93. The minimum absolute atomic E-state index is 0.589. The first-order chi connectivity index (χ1) is 8.61. The van der Waals surface area contributed by atoms with Gasteiger partial charge in [-0.05, 0) is 20.8 Å². The molecule has 7 heteroatoms. The molecule has 0 amide bonds. The van der Waals surface area contributed by atoms with E-state index < -0.39 is 41.5 Å². The van der Waals surface area contributed by atoms with Crippen molar-refractivity contribution < 1.29 is 34.0 Å². The van der Waals surface area contributed by atoms with Gasteiger partial charge in [-0.15, -0.1) is 0 Å². The van der Waals surface area contributed by atoms with Crippen LogP contribution in [0.3, 0.4) is 0 Å². The van der Waals surface area contributed by atoms with Crippen LogP contribution in [0.1, 0.15) is 27.7 Å². The van der Waals surface area contributed by atoms with Gasteiger partial charge in [-0.2, -0.15) is 0 Å². The molecular weight excluding hydrogens is 256 g/mol. The number of aliphatic hydroxyl groups is 2. The zero-order chi connectivity index (χ0) is 15.0. The zero-order valence-corrected chi connectivity index (χ0v) is 11.7. The second-order valence-electron chi connectivity index (χ2n) is 4.86. The summed E-state index contributed by atoms with van der Waals surface area (Å²) in [6, 6.07) is 0. The number of carbonyl (C=O) groups is 2. The summed E-state index contributed by atoms with van der Waals surface area (Å²) >= 11 is 0. The Labute approximate surface area is 111 Å². The summed E-state index contributed by atoms with van der Waals surface area (Å²) in [7, 11) is 1.25. The van der Waals surface area contributed by atoms with Crippen LogP contribution in [0.2, 0.25) is 0 Å². The lowest BCUT2D eigenvalue weighted by atomic mass is 9.71. The highest BCUT2D eigenvalue weighted by Crippen LogP contribution is 2.42. The third-order valence-electron chi connectivity index (χ3n) is 3.56. The standard InChI is InChI=1S/C12H20O7/c1-6(13)12(19-8(3)14)7(2)18-10(15)9(17-5)11(12,4)16/h7,9-10,15-16H,1-5H3/t7-,9-,10+,11-,12+/m1/s1. The van der Waals surface area contributed by atoms with Crippen molar-refractivity contribution >= 4 is 11.8 Å². The van der Waals surface area contributed by atoms with Gasteiger partial charge < -0.3 is 24.4 Å². The summed E-state index contributed by atoms with van der Waals surface area (Å²) < 4.78 is 15.3. The van der Waals surface area contributed by atoms with E-state index in [1.807, 2.05) is 0 Å². The van der Waals surface area contributed by atoms with Crippen molar-refractivity contribution in [2.45, 2.75) is 57.4 Å². The molecule has 0 spiro atoms. The number of ketones is 1. The van der Waals surface area contributed by atoms with E-state index in [0.717, 1.165) is 6.92 Å². The lowest BCUT2D eigenvalue weighted by molar-refractivity contribution is -0.339. The average Bonchev–Trinajstić information content (AvgIpc) is 2.23. The normalized spacial score (nSPS) is 42.8. The number of hydrogen-bond donors (Lipinski definition) is 2. The first-order valence-corrected chi connectivity index (χ1v) is 5.90. The van der Waals surface area contributed by atoms with Gasteiger partial charge in [-0.25, -0.2) is 0 Å². The Hall–Kier alpha value is -1.02. The van der Waals surface area contributed by atoms with Crippen molar-refractivity contribution in [1.29, 1.82) is 0 Å². The van der Waals surface area contributed by atoms with Crippen LogP contribution in [0.5, 0.6) is 0 Å². The highest BCUT2D eigenvalue weighted by Gasteiger charge is 2.67. The zero-order valence-electron chi connectivity index (χ0n) is 11.7. The van der Waals surface area contributed by atoms with Gasteiger partial charge in [0.05, 0.1) is 0 Å². The minimum Gasteiger partial charge on any atom is -0.445 e. The number of hydrogen-bond acceptors (Lipinski definition) is 7. The summed E-state index contributed by atoms with van der Waals surface area (Å²) in [6.45, 7) is 5.02. The molecule has 110 valence electrons. The molecule has 7 nitrogen and oxygen atoms in total. The van der Waals surface area contributed by atoms with Crippen LogP contribution in [0.4, 0.5) is 0 Å². The van der Waals surface area contributed by atoms with Gasteiger partial charge in [0, 0.05) is 14.0 Å². The van der Waals surface area contributed by atoms with Crippen LogP contribution in [0, 0.1) is 0 Å². The van der Waals surface area contributed by atoms with Gasteiger partial charge in [0.25, 0.3) is 0 Å². The van der Waals surface area contributed by atoms with Gasteiger partial charge in [0.15, 0.2) is 12.1 Å². The van der Waals surface area contributed by atoms with E-state index in [0.29, 0.717) is 0 Å². The second kappa shape index (κ2) is 5.16. The molecule has 2 N–H and O–H groups in total. The Morgan fingerprint density at radius 3 is 2.21 bits per heavy atom. The third kappa shape index (κ3) is 2.27. The number of carbonyl (C=O) groups excluding carboxylic acids is 2. The quantitative estimate of drug-likeness (QED) is 0.662. The van der Waals surface area contributed by atoms with Crippen molar-refractivity contribution in [3.05, 3.63) is 0 Å². The summed E-state index contributed by atoms with van der Waals surface area (Å²) in [5.74, 6) is -1.33. The smallest absolute Gasteiger partial charge is 0.303 e. The van der Waals surface area contributed by atoms with Gasteiger partial charge in [0.2, 0.25) is 5.60 Å². The van der Waals surface area contributed by atoms with Crippen LogP contribution >= 0.6 is 0 Å².